The van der Waals surface area contributed by atoms with Gasteiger partial charge in [-0.05, 0) is 25.0 Å². The summed E-state index contributed by atoms with van der Waals surface area (Å²) in [7, 11) is 0. The fourth-order valence-corrected chi connectivity index (χ4v) is 2.83. The molecule has 0 atom stereocenters. The van der Waals surface area contributed by atoms with E-state index in [9.17, 15) is 8.78 Å². The van der Waals surface area contributed by atoms with Crippen LogP contribution in [0, 0.1) is 12.5 Å². The zero-order valence-corrected chi connectivity index (χ0v) is 12.7. The number of terminal acetylenes is 1. The fourth-order valence-electron chi connectivity index (χ4n) is 2.83. The van der Waals surface area contributed by atoms with Gasteiger partial charge in [0.05, 0.1) is 0 Å². The van der Waals surface area contributed by atoms with Gasteiger partial charge in [0.25, 0.3) is 6.43 Å². The molecule has 0 bridgehead atoms. The molecular weight excluding hydrogens is 316 g/mol. The number of benzene rings is 1. The van der Waals surface area contributed by atoms with Crippen molar-refractivity contribution in [3.63, 3.8) is 0 Å². The molecule has 0 aliphatic carbocycles. The highest BCUT2D eigenvalue weighted by Gasteiger charge is 2.24. The molecule has 5 nitrogen and oxygen atoms in total. The molecule has 0 radical (unpaired) electrons. The number of anilines is 1. The summed E-state index contributed by atoms with van der Waals surface area (Å²) in [6.45, 7) is 1.62. The molecule has 0 unspecified atom stereocenters. The maximum absolute atomic E-state index is 13.1. The van der Waals surface area contributed by atoms with Crippen molar-refractivity contribution in [3.05, 3.63) is 30.1 Å². The van der Waals surface area contributed by atoms with Gasteiger partial charge < -0.3 is 14.4 Å². The molecular formula is C17H15F2N3O2. The molecule has 1 fully saturated rings. The maximum Gasteiger partial charge on any atom is 0.297 e. The first kappa shape index (κ1) is 16.0. The zero-order valence-electron chi connectivity index (χ0n) is 12.7. The zero-order chi connectivity index (χ0) is 17.1. The van der Waals surface area contributed by atoms with Crippen LogP contribution in [-0.2, 0) is 0 Å². The summed E-state index contributed by atoms with van der Waals surface area (Å²) in [4.78, 5) is 10.1. The smallest absolute Gasteiger partial charge is 0.297 e. The molecule has 2 aromatic heterocycles. The fraction of sp³-hybridized carbons (Fsp3) is 0.294. The summed E-state index contributed by atoms with van der Waals surface area (Å²) >= 11 is 0. The standard InChI is InChI=1S/C15H13F2N3O.C2H2O/c16-13(17)14-18-11-9-5-1-2-6-10(9)21-12(11)15(19-14)20-7-3-4-8-20;1-2-3/h1-2,5-6,13H,3-4,7-8H2;1,3H. The largest absolute Gasteiger partial charge is 0.462 e. The highest BCUT2D eigenvalue weighted by atomic mass is 19.3. The Morgan fingerprint density at radius 3 is 2.54 bits per heavy atom. The first-order valence-corrected chi connectivity index (χ1v) is 7.47. The van der Waals surface area contributed by atoms with E-state index in [1.165, 1.54) is 6.11 Å². The van der Waals surface area contributed by atoms with E-state index in [0.717, 1.165) is 31.3 Å². The highest BCUT2D eigenvalue weighted by Crippen LogP contribution is 2.35. The second-order valence-electron chi connectivity index (χ2n) is 5.31. The van der Waals surface area contributed by atoms with Crippen molar-refractivity contribution in [3.8, 4) is 12.5 Å². The van der Waals surface area contributed by atoms with Crippen LogP contribution < -0.4 is 4.90 Å². The minimum Gasteiger partial charge on any atom is -0.462 e. The first-order chi connectivity index (χ1) is 11.7. The average Bonchev–Trinajstić information content (AvgIpc) is 3.22. The van der Waals surface area contributed by atoms with Gasteiger partial charge in [-0.3, -0.25) is 0 Å². The summed E-state index contributed by atoms with van der Waals surface area (Å²) in [6.07, 6.45) is 4.79. The number of para-hydroxylation sites is 1. The SMILES string of the molecule is C#CO.FC(F)c1nc(N2CCCC2)c2oc3ccccc3c2n1. The quantitative estimate of drug-likeness (QED) is 0.723. The van der Waals surface area contributed by atoms with Gasteiger partial charge in [-0.15, -0.1) is 0 Å². The molecule has 1 aliphatic rings. The van der Waals surface area contributed by atoms with Gasteiger partial charge in [0.1, 0.15) is 17.2 Å². The molecule has 0 amide bonds. The molecule has 124 valence electrons. The summed E-state index contributed by atoms with van der Waals surface area (Å²) in [6, 6.07) is 7.34. The lowest BCUT2D eigenvalue weighted by molar-refractivity contribution is 0.141. The molecule has 7 heteroatoms. The van der Waals surface area contributed by atoms with Gasteiger partial charge in [0.15, 0.2) is 17.2 Å². The molecule has 4 rings (SSSR count). The number of aliphatic hydroxyl groups is 1. The number of hydrogen-bond donors (Lipinski definition) is 1. The van der Waals surface area contributed by atoms with Gasteiger partial charge in [-0.2, -0.15) is 0 Å². The van der Waals surface area contributed by atoms with Crippen molar-refractivity contribution >= 4 is 27.9 Å². The number of fused-ring (bicyclic) bond motifs is 3. The second-order valence-corrected chi connectivity index (χ2v) is 5.31. The molecule has 1 aromatic carbocycles. The summed E-state index contributed by atoms with van der Waals surface area (Å²) in [5.41, 5.74) is 1.62. The number of furan rings is 1. The monoisotopic (exact) mass is 331 g/mol. The number of hydrogen-bond acceptors (Lipinski definition) is 5. The van der Waals surface area contributed by atoms with Crippen molar-refractivity contribution < 1.29 is 18.3 Å². The van der Waals surface area contributed by atoms with Crippen LogP contribution >= 0.6 is 0 Å². The average molecular weight is 331 g/mol. The van der Waals surface area contributed by atoms with Crippen LogP contribution in [0.5, 0.6) is 0 Å². The Balaban J connectivity index is 0.000000526. The van der Waals surface area contributed by atoms with Crippen molar-refractivity contribution in [2.24, 2.45) is 0 Å². The van der Waals surface area contributed by atoms with Crippen molar-refractivity contribution in [1.29, 1.82) is 0 Å². The van der Waals surface area contributed by atoms with E-state index in [-0.39, 0.29) is 0 Å². The van der Waals surface area contributed by atoms with Crippen molar-refractivity contribution in [2.45, 2.75) is 19.3 Å². The van der Waals surface area contributed by atoms with Crippen LogP contribution in [0.3, 0.4) is 0 Å². The Morgan fingerprint density at radius 1 is 1.21 bits per heavy atom. The van der Waals surface area contributed by atoms with Crippen LogP contribution in [0.15, 0.2) is 28.7 Å². The molecule has 0 saturated carbocycles. The summed E-state index contributed by atoms with van der Waals surface area (Å²) in [5.74, 6) is 0.0555. The van der Waals surface area contributed by atoms with E-state index in [1.54, 1.807) is 0 Å². The Hall–Kier alpha value is -2.88. The third-order valence-electron chi connectivity index (χ3n) is 3.82. The minimum atomic E-state index is -2.69. The summed E-state index contributed by atoms with van der Waals surface area (Å²) < 4.78 is 32.0. The first-order valence-electron chi connectivity index (χ1n) is 7.47. The Kier molecular flexibility index (Phi) is 4.47. The minimum absolute atomic E-state index is 0.434. The third-order valence-corrected chi connectivity index (χ3v) is 3.82. The molecule has 1 saturated heterocycles. The van der Waals surface area contributed by atoms with Gasteiger partial charge in [0, 0.05) is 18.5 Å². The molecule has 3 heterocycles. The number of rotatable bonds is 2. The Labute approximate surface area is 136 Å². The highest BCUT2D eigenvalue weighted by molar-refractivity contribution is 6.05. The molecule has 1 aliphatic heterocycles. The Bertz CT molecular complexity index is 896. The van der Waals surface area contributed by atoms with Crippen molar-refractivity contribution in [1.82, 2.24) is 9.97 Å². The van der Waals surface area contributed by atoms with Gasteiger partial charge in [-0.1, -0.05) is 18.6 Å². The number of alkyl halides is 2. The molecule has 0 spiro atoms. The Morgan fingerprint density at radius 2 is 1.88 bits per heavy atom. The normalized spacial score (nSPS) is 14.0. The lowest BCUT2D eigenvalue weighted by atomic mass is 10.2. The lowest BCUT2D eigenvalue weighted by Crippen LogP contribution is -2.20. The topological polar surface area (TPSA) is 62.4 Å². The van der Waals surface area contributed by atoms with Crippen LogP contribution in [0.1, 0.15) is 25.1 Å². The molecule has 3 aromatic rings. The number of nitrogens with zero attached hydrogens (tertiary/aromatic N) is 3. The van der Waals surface area contributed by atoms with E-state index >= 15 is 0 Å². The van der Waals surface area contributed by atoms with E-state index in [1.807, 2.05) is 29.2 Å². The predicted octanol–water partition coefficient (Wildman–Crippen LogP) is 3.86. The van der Waals surface area contributed by atoms with Crippen LogP contribution in [0.4, 0.5) is 14.6 Å². The number of aromatic nitrogens is 2. The van der Waals surface area contributed by atoms with Crippen LogP contribution in [0.2, 0.25) is 0 Å². The van der Waals surface area contributed by atoms with E-state index in [4.69, 9.17) is 9.52 Å². The van der Waals surface area contributed by atoms with E-state index in [0.29, 0.717) is 22.5 Å². The maximum atomic E-state index is 13.1. The van der Waals surface area contributed by atoms with Gasteiger partial charge >= 0.3 is 0 Å². The van der Waals surface area contributed by atoms with Crippen LogP contribution in [-0.4, -0.2) is 28.2 Å². The van der Waals surface area contributed by atoms with E-state index in [2.05, 4.69) is 16.4 Å². The lowest BCUT2D eigenvalue weighted by Gasteiger charge is -2.16. The van der Waals surface area contributed by atoms with Crippen molar-refractivity contribution in [2.75, 3.05) is 18.0 Å². The summed E-state index contributed by atoms with van der Waals surface area (Å²) in [5, 5.41) is 7.84. The predicted molar refractivity (Wildman–Crippen MR) is 86.5 cm³/mol. The molecule has 24 heavy (non-hydrogen) atoms. The third kappa shape index (κ3) is 2.83. The number of halogens is 2. The van der Waals surface area contributed by atoms with Gasteiger partial charge in [0.2, 0.25) is 0 Å². The van der Waals surface area contributed by atoms with E-state index < -0.39 is 12.2 Å². The van der Waals surface area contributed by atoms with Gasteiger partial charge in [-0.25, -0.2) is 18.7 Å². The number of aliphatic hydroxyl groups excluding tert-OH is 1. The second kappa shape index (κ2) is 6.71. The molecule has 1 N–H and O–H groups in total. The van der Waals surface area contributed by atoms with Crippen LogP contribution in [0.25, 0.3) is 22.1 Å².